The van der Waals surface area contributed by atoms with Gasteiger partial charge in [-0.25, -0.2) is 4.79 Å². The minimum Gasteiger partial charge on any atom is -0.453 e. The van der Waals surface area contributed by atoms with Crippen molar-refractivity contribution in [1.82, 2.24) is 4.90 Å². The highest BCUT2D eigenvalue weighted by molar-refractivity contribution is 15.0. The summed E-state index contributed by atoms with van der Waals surface area (Å²) in [5, 5.41) is 14.2. The van der Waals surface area contributed by atoms with E-state index in [0.717, 1.165) is 0 Å². The maximum Gasteiger partial charge on any atom is 0.409 e. The number of hydrogen-bond donors (Lipinski definition) is 2. The largest absolute Gasteiger partial charge is 0.453 e. The minimum atomic E-state index is -0.750. The van der Waals surface area contributed by atoms with E-state index in [1.54, 1.807) is 7.05 Å². The predicted octanol–water partition coefficient (Wildman–Crippen LogP) is 3.31. The fourth-order valence-corrected chi connectivity index (χ4v) is 0.285. The summed E-state index contributed by atoms with van der Waals surface area (Å²) in [6, 6.07) is 0. The van der Waals surface area contributed by atoms with Crippen molar-refractivity contribution < 1.29 is 19.7 Å². The molecule has 0 fully saturated rings. The van der Waals surface area contributed by atoms with Gasteiger partial charge < -0.3 is 19.8 Å². The molecule has 0 heterocycles. The van der Waals surface area contributed by atoms with Crippen molar-refractivity contribution in [3.8, 4) is 0 Å². The monoisotopic (exact) mass is 467 g/mol. The molecule has 0 atom stereocenters. The Morgan fingerprint density at radius 3 is 1.56 bits per heavy atom. The van der Waals surface area contributed by atoms with Gasteiger partial charge in [0.25, 0.3) is 0 Å². The Morgan fingerprint density at radius 1 is 1.25 bits per heavy atom. The van der Waals surface area contributed by atoms with Crippen LogP contribution < -0.4 is 0 Å². The third-order valence-electron chi connectivity index (χ3n) is 0.961. The minimum absolute atomic E-state index is 0. The van der Waals surface area contributed by atoms with E-state index in [0.29, 0.717) is 6.54 Å². The van der Waals surface area contributed by atoms with Crippen molar-refractivity contribution in [3.63, 3.8) is 0 Å². The molecule has 0 aliphatic rings. The zero-order chi connectivity index (χ0) is 11.3. The van der Waals surface area contributed by atoms with Gasteiger partial charge in [-0.2, -0.15) is 0 Å². The van der Waals surface area contributed by atoms with Gasteiger partial charge in [0, 0.05) is 50.8 Å². The molecule has 0 aromatic carbocycles. The van der Waals surface area contributed by atoms with Crippen molar-refractivity contribution in [2.75, 3.05) is 27.5 Å². The lowest BCUT2D eigenvalue weighted by Crippen LogP contribution is -2.25. The second-order valence-corrected chi connectivity index (χ2v) is 1.63. The summed E-state index contributed by atoms with van der Waals surface area (Å²) in [4.78, 5) is 11.9. The molecule has 1 amide bonds. The van der Waals surface area contributed by atoms with Crippen molar-refractivity contribution in [2.45, 2.75) is 29.2 Å². The van der Waals surface area contributed by atoms with Gasteiger partial charge in [0.15, 0.2) is 0 Å². The average molecular weight is 467 g/mol. The molecule has 0 aliphatic carbocycles. The number of aliphatic hydroxyl groups excluding tert-OH is 1. The van der Waals surface area contributed by atoms with Crippen LogP contribution in [-0.4, -0.2) is 48.7 Å². The second-order valence-electron chi connectivity index (χ2n) is 1.63. The molecule has 5 nitrogen and oxygen atoms in total. The van der Waals surface area contributed by atoms with Gasteiger partial charge in [-0.15, -0.1) is 0 Å². The summed E-state index contributed by atoms with van der Waals surface area (Å²) in [5.74, 6) is 0. The van der Waals surface area contributed by atoms with Crippen LogP contribution >= 0.6 is 37.2 Å². The lowest BCUT2D eigenvalue weighted by atomic mass is 10.7. The number of ether oxygens (including phenoxy) is 1. The Balaban J connectivity index is -0.0000000275. The Bertz CT molecular complexity index is 108. The summed E-state index contributed by atoms with van der Waals surface area (Å²) >= 11 is 4.24. The highest BCUT2D eigenvalue weighted by Crippen LogP contribution is 1.89. The highest BCUT2D eigenvalue weighted by Gasteiger charge is 2.01. The van der Waals surface area contributed by atoms with E-state index in [2.05, 4.69) is 42.0 Å². The quantitative estimate of drug-likeness (QED) is 0.459. The fraction of sp³-hybridized carbons (Fsp3) is 0.889. The van der Waals surface area contributed by atoms with Gasteiger partial charge in [-0.1, -0.05) is 22.3 Å². The third kappa shape index (κ3) is 36.5. The van der Waals surface area contributed by atoms with Gasteiger partial charge in [-0.3, -0.25) is 0 Å². The van der Waals surface area contributed by atoms with Crippen molar-refractivity contribution in [2.24, 2.45) is 0 Å². The molecule has 106 valence electrons. The first-order valence-corrected chi connectivity index (χ1v) is 9.57. The molecule has 0 aliphatic heterocycles. The average Bonchev–Trinajstić information content (AvgIpc) is 2.19. The van der Waals surface area contributed by atoms with E-state index in [4.69, 9.17) is 10.2 Å². The van der Waals surface area contributed by atoms with Gasteiger partial charge in [0.05, 0.1) is 7.11 Å². The van der Waals surface area contributed by atoms with Crippen LogP contribution in [0.15, 0.2) is 0 Å². The fourth-order valence-electron chi connectivity index (χ4n) is 0.285. The van der Waals surface area contributed by atoms with E-state index < -0.39 is 6.79 Å². The molecule has 0 saturated carbocycles. The molecule has 0 bridgehead atoms. The van der Waals surface area contributed by atoms with E-state index in [9.17, 15) is 4.79 Å². The molecule has 0 radical (unpaired) electrons. The van der Waals surface area contributed by atoms with Crippen LogP contribution in [0, 0.1) is 0 Å². The normalized spacial score (nSPS) is 5.69. The van der Waals surface area contributed by atoms with Crippen LogP contribution in [0.5, 0.6) is 0 Å². The van der Waals surface area contributed by atoms with Crippen molar-refractivity contribution >= 4 is 43.3 Å². The Hall–Kier alpha value is 0.650. The number of carbonyl (C=O) groups is 1. The summed E-state index contributed by atoms with van der Waals surface area (Å²) in [7, 11) is 3.06. The molecule has 7 heteroatoms. The van der Waals surface area contributed by atoms with Crippen LogP contribution in [0.1, 0.15) is 29.2 Å². The maximum absolute atomic E-state index is 10.4. The maximum atomic E-state index is 10.4. The van der Waals surface area contributed by atoms with E-state index in [-0.39, 0.29) is 28.4 Å². The zero-order valence-electron chi connectivity index (χ0n) is 7.83. The summed E-state index contributed by atoms with van der Waals surface area (Å²) in [6.07, 6.45) is -0.285. The van der Waals surface area contributed by atoms with E-state index in [1.165, 1.54) is 12.0 Å². The molecule has 0 unspecified atom stereocenters. The van der Waals surface area contributed by atoms with Crippen molar-refractivity contribution in [1.29, 1.82) is 0 Å². The molecule has 0 aromatic rings. The molecule has 0 saturated heterocycles. The molecule has 0 aromatic heterocycles. The Kier molecular flexibility index (Phi) is 81.1. The van der Waals surface area contributed by atoms with Crippen LogP contribution in [0.4, 0.5) is 4.79 Å². The zero-order valence-corrected chi connectivity index (χ0v) is 12.1. The van der Waals surface area contributed by atoms with Crippen LogP contribution in [0.25, 0.3) is 0 Å². The topological polar surface area (TPSA) is 70.0 Å². The highest BCUT2D eigenvalue weighted by atomic mass is 128. The van der Waals surface area contributed by atoms with Gasteiger partial charge in [0.1, 0.15) is 6.79 Å². The summed E-state index contributed by atoms with van der Waals surface area (Å²) < 4.78 is 4.39. The smallest absolute Gasteiger partial charge is 0.409 e. The number of hydrogen-bond acceptors (Lipinski definition) is 4. The molecular formula is C9H27I2NO4. The number of amides is 1. The van der Waals surface area contributed by atoms with Crippen LogP contribution in [0.3, 0.4) is 0 Å². The van der Waals surface area contributed by atoms with Gasteiger partial charge in [-0.05, 0) is 6.92 Å². The van der Waals surface area contributed by atoms with Gasteiger partial charge >= 0.3 is 6.09 Å². The molecule has 16 heavy (non-hydrogen) atoms. The van der Waals surface area contributed by atoms with Crippen molar-refractivity contribution in [3.05, 3.63) is 0 Å². The Morgan fingerprint density at radius 2 is 1.50 bits per heavy atom. The molecule has 0 rings (SSSR count). The summed E-state index contributed by atoms with van der Waals surface area (Å²) in [6.45, 7) is 1.82. The second kappa shape index (κ2) is 36.1. The van der Waals surface area contributed by atoms with Crippen LogP contribution in [0.2, 0.25) is 0 Å². The predicted molar refractivity (Wildman–Crippen MR) is 88.2 cm³/mol. The number of rotatable bonds is 1. The SMILES string of the molecule is C.C.C.CCN(C)C(=O)OC.II.OCO. The van der Waals surface area contributed by atoms with E-state index in [1.807, 2.05) is 6.92 Å². The lowest BCUT2D eigenvalue weighted by Gasteiger charge is -2.10. The van der Waals surface area contributed by atoms with E-state index >= 15 is 0 Å². The third-order valence-corrected chi connectivity index (χ3v) is 0.961. The number of aliphatic hydroxyl groups is 2. The van der Waals surface area contributed by atoms with Crippen LogP contribution in [-0.2, 0) is 4.74 Å². The standard InChI is InChI=1S/C5H11NO2.CH4O2.3CH4.I2/c1-4-6(2)5(7)8-3;2-1-3;;;;1-2/h4H2,1-3H3;2-3H,1H2;3*1H4;. The first-order valence-electron chi connectivity index (χ1n) is 3.29. The molecular weight excluding hydrogens is 440 g/mol. The Labute approximate surface area is 124 Å². The number of carbonyl (C=O) groups excluding carboxylic acids is 1. The molecule has 2 N–H and O–H groups in total. The first-order chi connectivity index (χ1) is 6.13. The van der Waals surface area contributed by atoms with Gasteiger partial charge in [0.2, 0.25) is 0 Å². The number of nitrogens with zero attached hydrogens (tertiary/aromatic N) is 1. The first kappa shape index (κ1) is 36.0. The summed E-state index contributed by atoms with van der Waals surface area (Å²) in [5.41, 5.74) is 0. The number of halogens is 2. The lowest BCUT2D eigenvalue weighted by molar-refractivity contribution is 0.0773. The molecule has 0 spiro atoms. The number of methoxy groups -OCH3 is 1.